The molecular weight excluding hydrogens is 272 g/mol. The Bertz CT molecular complexity index is 612. The first-order valence-electron chi connectivity index (χ1n) is 7.38. The highest BCUT2D eigenvalue weighted by molar-refractivity contribution is 7.89. The van der Waals surface area contributed by atoms with Crippen LogP contribution in [0.25, 0.3) is 0 Å². The minimum atomic E-state index is -3.46. The highest BCUT2D eigenvalue weighted by atomic mass is 32.2. The molecule has 1 saturated heterocycles. The number of rotatable bonds is 2. The summed E-state index contributed by atoms with van der Waals surface area (Å²) in [5, 5.41) is 0. The number of hydrogen-bond donors (Lipinski definition) is 1. The molecule has 4 nitrogen and oxygen atoms in total. The Morgan fingerprint density at radius 3 is 2.70 bits per heavy atom. The number of anilines is 1. The first kappa shape index (κ1) is 13.9. The molecule has 110 valence electrons. The maximum absolute atomic E-state index is 12.9. The van der Waals surface area contributed by atoms with E-state index in [1.54, 1.807) is 16.4 Å². The lowest BCUT2D eigenvalue weighted by Gasteiger charge is -2.36. The van der Waals surface area contributed by atoms with Gasteiger partial charge in [0.25, 0.3) is 0 Å². The van der Waals surface area contributed by atoms with Gasteiger partial charge in [0.15, 0.2) is 0 Å². The van der Waals surface area contributed by atoms with E-state index in [0.717, 1.165) is 24.8 Å². The van der Waals surface area contributed by atoms with Gasteiger partial charge in [0.1, 0.15) is 4.90 Å². The van der Waals surface area contributed by atoms with E-state index in [0.29, 0.717) is 18.2 Å². The molecule has 2 unspecified atom stereocenters. The van der Waals surface area contributed by atoms with E-state index in [2.05, 4.69) is 0 Å². The van der Waals surface area contributed by atoms with E-state index < -0.39 is 10.0 Å². The summed E-state index contributed by atoms with van der Waals surface area (Å²) in [5.74, 6) is 0.546. The fourth-order valence-electron chi connectivity index (χ4n) is 3.74. The second kappa shape index (κ2) is 5.04. The van der Waals surface area contributed by atoms with Crippen molar-refractivity contribution < 1.29 is 8.42 Å². The molecule has 1 aromatic rings. The highest BCUT2D eigenvalue weighted by Gasteiger charge is 2.41. The van der Waals surface area contributed by atoms with Crippen LogP contribution in [0.15, 0.2) is 23.1 Å². The molecule has 1 heterocycles. The maximum Gasteiger partial charge on any atom is 0.245 e. The minimum absolute atomic E-state index is 0.189. The van der Waals surface area contributed by atoms with Crippen molar-refractivity contribution in [1.82, 2.24) is 4.31 Å². The van der Waals surface area contributed by atoms with E-state index in [1.165, 1.54) is 12.8 Å². The van der Waals surface area contributed by atoms with Gasteiger partial charge >= 0.3 is 0 Å². The fourth-order valence-corrected chi connectivity index (χ4v) is 5.59. The summed E-state index contributed by atoms with van der Waals surface area (Å²) < 4.78 is 27.5. The van der Waals surface area contributed by atoms with Crippen LogP contribution in [0.1, 0.15) is 37.7 Å². The Balaban J connectivity index is 1.98. The van der Waals surface area contributed by atoms with Gasteiger partial charge in [0.2, 0.25) is 10.0 Å². The lowest BCUT2D eigenvalue weighted by molar-refractivity contribution is 0.202. The number of nitrogens with zero attached hydrogens (tertiary/aromatic N) is 1. The van der Waals surface area contributed by atoms with Crippen molar-refractivity contribution >= 4 is 15.7 Å². The smallest absolute Gasteiger partial charge is 0.245 e. The molecule has 0 spiro atoms. The van der Waals surface area contributed by atoms with Crippen LogP contribution in [0.3, 0.4) is 0 Å². The summed E-state index contributed by atoms with van der Waals surface area (Å²) in [6.07, 6.45) is 5.44. The molecule has 5 heteroatoms. The number of piperidine rings is 1. The summed E-state index contributed by atoms with van der Waals surface area (Å²) in [6, 6.07) is 5.40. The van der Waals surface area contributed by atoms with E-state index in [4.69, 9.17) is 5.73 Å². The van der Waals surface area contributed by atoms with Gasteiger partial charge in [-0.3, -0.25) is 0 Å². The van der Waals surface area contributed by atoms with Gasteiger partial charge in [-0.1, -0.05) is 12.5 Å². The summed E-state index contributed by atoms with van der Waals surface area (Å²) >= 11 is 0. The molecule has 1 aliphatic heterocycles. The van der Waals surface area contributed by atoms with Crippen LogP contribution in [-0.4, -0.2) is 25.3 Å². The van der Waals surface area contributed by atoms with Crippen LogP contribution in [0.5, 0.6) is 0 Å². The number of hydrogen-bond acceptors (Lipinski definition) is 3. The quantitative estimate of drug-likeness (QED) is 0.853. The molecule has 2 fully saturated rings. The molecule has 2 aliphatic rings. The molecule has 3 rings (SSSR count). The highest BCUT2D eigenvalue weighted by Crippen LogP contribution is 2.40. The molecular formula is C15H22N2O2S. The van der Waals surface area contributed by atoms with Gasteiger partial charge < -0.3 is 5.73 Å². The third-order valence-corrected chi connectivity index (χ3v) is 6.69. The molecule has 1 aliphatic carbocycles. The monoisotopic (exact) mass is 294 g/mol. The van der Waals surface area contributed by atoms with Crippen molar-refractivity contribution in [3.05, 3.63) is 23.8 Å². The van der Waals surface area contributed by atoms with Gasteiger partial charge in [-0.15, -0.1) is 0 Å². The third kappa shape index (κ3) is 2.23. The zero-order valence-electron chi connectivity index (χ0n) is 11.9. The van der Waals surface area contributed by atoms with Gasteiger partial charge in [-0.25, -0.2) is 8.42 Å². The second-order valence-electron chi connectivity index (χ2n) is 6.06. The van der Waals surface area contributed by atoms with Gasteiger partial charge in [-0.2, -0.15) is 4.31 Å². The molecule has 20 heavy (non-hydrogen) atoms. The number of benzene rings is 1. The average molecular weight is 294 g/mol. The predicted octanol–water partition coefficient (Wildman–Crippen LogP) is 2.53. The van der Waals surface area contributed by atoms with E-state index in [-0.39, 0.29) is 10.9 Å². The molecule has 0 aromatic heterocycles. The summed E-state index contributed by atoms with van der Waals surface area (Å²) in [6.45, 7) is 2.55. The Kier molecular flexibility index (Phi) is 3.50. The molecule has 0 bridgehead atoms. The van der Waals surface area contributed by atoms with Crippen molar-refractivity contribution in [3.8, 4) is 0 Å². The predicted molar refractivity (Wildman–Crippen MR) is 79.8 cm³/mol. The largest absolute Gasteiger partial charge is 0.398 e. The molecule has 1 saturated carbocycles. The Hall–Kier alpha value is -1.07. The zero-order chi connectivity index (χ0) is 14.3. The molecule has 2 N–H and O–H groups in total. The lowest BCUT2D eigenvalue weighted by atomic mass is 9.94. The van der Waals surface area contributed by atoms with Crippen molar-refractivity contribution in [2.75, 3.05) is 12.3 Å². The summed E-state index contributed by atoms with van der Waals surface area (Å²) in [7, 11) is -3.46. The third-order valence-electron chi connectivity index (χ3n) is 4.69. The van der Waals surface area contributed by atoms with E-state index in [9.17, 15) is 8.42 Å². The normalized spacial score (nSPS) is 27.4. The Labute approximate surface area is 121 Å². The van der Waals surface area contributed by atoms with Crippen LogP contribution in [0.4, 0.5) is 5.69 Å². The molecule has 0 radical (unpaired) electrons. The van der Waals surface area contributed by atoms with Crippen LogP contribution in [-0.2, 0) is 10.0 Å². The topological polar surface area (TPSA) is 63.4 Å². The van der Waals surface area contributed by atoms with Crippen LogP contribution in [0, 0.1) is 12.8 Å². The molecule has 0 amide bonds. The summed E-state index contributed by atoms with van der Waals surface area (Å²) in [5.41, 5.74) is 7.30. The first-order valence-corrected chi connectivity index (χ1v) is 8.82. The molecule has 1 aromatic carbocycles. The van der Waals surface area contributed by atoms with Crippen molar-refractivity contribution in [2.24, 2.45) is 5.92 Å². The van der Waals surface area contributed by atoms with Gasteiger partial charge in [0, 0.05) is 12.6 Å². The number of sulfonamides is 1. The Morgan fingerprint density at radius 1 is 1.20 bits per heavy atom. The number of aryl methyl sites for hydroxylation is 1. The number of nitrogen functional groups attached to an aromatic ring is 1. The van der Waals surface area contributed by atoms with E-state index in [1.807, 2.05) is 13.0 Å². The van der Waals surface area contributed by atoms with Crippen LogP contribution < -0.4 is 5.73 Å². The van der Waals surface area contributed by atoms with E-state index >= 15 is 0 Å². The van der Waals surface area contributed by atoms with Crippen molar-refractivity contribution in [1.29, 1.82) is 0 Å². The average Bonchev–Trinajstić information content (AvgIpc) is 2.85. The Morgan fingerprint density at radius 2 is 1.95 bits per heavy atom. The zero-order valence-corrected chi connectivity index (χ0v) is 12.7. The first-order chi connectivity index (χ1) is 9.50. The second-order valence-corrected chi connectivity index (χ2v) is 7.92. The fraction of sp³-hybridized carbons (Fsp3) is 0.600. The number of nitrogens with two attached hydrogens (primary N) is 1. The lowest BCUT2D eigenvalue weighted by Crippen LogP contribution is -2.46. The van der Waals surface area contributed by atoms with Crippen molar-refractivity contribution in [3.63, 3.8) is 0 Å². The number of fused-ring (bicyclic) bond motifs is 1. The minimum Gasteiger partial charge on any atom is -0.398 e. The standard InChI is InChI=1S/C15H22N2O2S/c1-11-7-8-15(13(16)10-11)20(18,19)17-9-3-5-12-4-2-6-14(12)17/h7-8,10,12,14H,2-6,9,16H2,1H3. The maximum atomic E-state index is 12.9. The SMILES string of the molecule is Cc1ccc(S(=O)(=O)N2CCCC3CCCC32)c(N)c1. The summed E-state index contributed by atoms with van der Waals surface area (Å²) in [4.78, 5) is 0.274. The molecule has 2 atom stereocenters. The van der Waals surface area contributed by atoms with Crippen LogP contribution >= 0.6 is 0 Å². The van der Waals surface area contributed by atoms with Gasteiger partial charge in [-0.05, 0) is 56.2 Å². The van der Waals surface area contributed by atoms with Gasteiger partial charge in [0.05, 0.1) is 5.69 Å². The van der Waals surface area contributed by atoms with Crippen LogP contribution in [0.2, 0.25) is 0 Å². The van der Waals surface area contributed by atoms with Crippen molar-refractivity contribution in [2.45, 2.75) is 50.0 Å².